The first-order valence-electron chi connectivity index (χ1n) is 19.7. The van der Waals surface area contributed by atoms with Crippen molar-refractivity contribution in [3.8, 4) is 17.2 Å². The number of nitrogens with one attached hydrogen (secondary N) is 2. The molecule has 21 heteroatoms. The Labute approximate surface area is 367 Å². The summed E-state index contributed by atoms with van der Waals surface area (Å²) in [5.74, 6) is -2.87. The monoisotopic (exact) mass is 948 g/mol. The molecule has 340 valence electrons. The first-order valence-corrected chi connectivity index (χ1v) is 23.8. The lowest BCUT2D eigenvalue weighted by Crippen LogP contribution is -2.71. The predicted octanol–water partition coefficient (Wildman–Crippen LogP) is 7.29. The van der Waals surface area contributed by atoms with Gasteiger partial charge in [-0.25, -0.2) is 13.3 Å². The lowest BCUT2D eigenvalue weighted by molar-refractivity contribution is -0.167. The number of esters is 1. The van der Waals surface area contributed by atoms with Crippen molar-refractivity contribution in [2.24, 2.45) is 0 Å². The van der Waals surface area contributed by atoms with E-state index in [0.717, 1.165) is 6.07 Å². The van der Waals surface area contributed by atoms with Crippen LogP contribution in [0.4, 0.5) is 8.78 Å². The standard InChI is InChI=1S/C41H50Cl2F2N2O13P2/c1-24-18-32(60-62(54,55)56)37(25(2)38(24)57-16-5-17-61(51,52)53)39(3,4)22-36(50)59-33-21-40(46-35(49)23-58-27-8-10-29(43)31(45)20-27)12-14-41(33,15-13-40)47-34(48)11-7-26-6-9-28(42)30(44)19-26/h6,8-10,18-20,33H,5,7,11-17,21-23H2,1-4H3,(H,46,49)(H,47,48)(H2,51,52,53)(H2,54,55,56)/t33-,40?,41?/m1/s1. The maximum atomic E-state index is 14.1. The molecular weight excluding hydrogens is 899 g/mol. The fourth-order valence-electron chi connectivity index (χ4n) is 8.41. The second-order valence-corrected chi connectivity index (χ2v) is 20.3. The fourth-order valence-corrected chi connectivity index (χ4v) is 9.59. The molecule has 1 atom stereocenters. The van der Waals surface area contributed by atoms with Crippen molar-refractivity contribution in [2.75, 3.05) is 19.4 Å². The maximum Gasteiger partial charge on any atom is 0.524 e. The van der Waals surface area contributed by atoms with Gasteiger partial charge < -0.3 is 39.2 Å². The molecular formula is C41H50Cl2F2N2O13P2. The highest BCUT2D eigenvalue weighted by atomic mass is 35.5. The molecule has 3 aliphatic carbocycles. The molecule has 15 nitrogen and oxygen atoms in total. The van der Waals surface area contributed by atoms with Gasteiger partial charge in [-0.05, 0) is 99.4 Å². The molecule has 2 amide bonds. The van der Waals surface area contributed by atoms with Gasteiger partial charge in [0.2, 0.25) is 5.91 Å². The second-order valence-electron chi connectivity index (χ2n) is 16.6. The number of fused-ring (bicyclic) bond motifs is 3. The quantitative estimate of drug-likeness (QED) is 0.0395. The Morgan fingerprint density at radius 3 is 2.15 bits per heavy atom. The minimum atomic E-state index is -5.13. The van der Waals surface area contributed by atoms with Crippen LogP contribution in [-0.2, 0) is 40.1 Å². The number of rotatable bonds is 19. The van der Waals surface area contributed by atoms with Gasteiger partial charge >= 0.3 is 21.4 Å². The van der Waals surface area contributed by atoms with E-state index in [4.69, 9.17) is 41.9 Å². The summed E-state index contributed by atoms with van der Waals surface area (Å²) in [4.78, 5) is 79.2. The number of aryl methyl sites for hydroxylation is 2. The van der Waals surface area contributed by atoms with Gasteiger partial charge in [0.1, 0.15) is 35.0 Å². The van der Waals surface area contributed by atoms with Crippen LogP contribution in [-0.4, -0.2) is 73.9 Å². The summed E-state index contributed by atoms with van der Waals surface area (Å²) in [7, 11) is -9.42. The van der Waals surface area contributed by atoms with E-state index < -0.39 is 74.3 Å². The number of phosphoric acid groups is 1. The van der Waals surface area contributed by atoms with Crippen LogP contribution >= 0.6 is 38.6 Å². The van der Waals surface area contributed by atoms with Crippen LogP contribution in [0.1, 0.15) is 87.5 Å². The average molecular weight is 950 g/mol. The molecule has 0 aliphatic heterocycles. The van der Waals surface area contributed by atoms with Crippen molar-refractivity contribution < 1.29 is 70.6 Å². The highest BCUT2D eigenvalue weighted by Gasteiger charge is 2.57. The smallest absolute Gasteiger partial charge is 0.493 e. The molecule has 2 bridgehead atoms. The van der Waals surface area contributed by atoms with E-state index in [-0.39, 0.29) is 77.5 Å². The summed E-state index contributed by atoms with van der Waals surface area (Å²) in [6.07, 6.45) is -0.164. The average Bonchev–Trinajstić information content (AvgIpc) is 3.14. The Morgan fingerprint density at radius 2 is 1.53 bits per heavy atom. The van der Waals surface area contributed by atoms with E-state index in [2.05, 4.69) is 10.6 Å². The number of carbonyl (C=O) groups is 3. The number of carbonyl (C=O) groups excluding carboxylic acids is 3. The molecule has 6 N–H and O–H groups in total. The van der Waals surface area contributed by atoms with E-state index in [1.165, 1.54) is 30.3 Å². The molecule has 3 fully saturated rings. The van der Waals surface area contributed by atoms with Crippen molar-refractivity contribution in [1.29, 1.82) is 0 Å². The van der Waals surface area contributed by atoms with Crippen molar-refractivity contribution in [1.82, 2.24) is 10.6 Å². The SMILES string of the molecule is Cc1cc(OP(=O)(O)O)c(C(C)(C)CC(=O)O[C@@H]2CC3(NC(=O)COc4ccc(Cl)c(F)c4)CCC2(NC(=O)CCc2ccc(Cl)c(F)c2)CC3)c(C)c1OCCCP(=O)(O)O. The first-order chi connectivity index (χ1) is 28.8. The Bertz CT molecular complexity index is 2280. The van der Waals surface area contributed by atoms with E-state index in [9.17, 15) is 51.9 Å². The number of benzene rings is 3. The normalized spacial score (nSPS) is 20.0. The van der Waals surface area contributed by atoms with Crippen LogP contribution in [0, 0.1) is 25.5 Å². The van der Waals surface area contributed by atoms with Crippen LogP contribution in [0.2, 0.25) is 10.0 Å². The summed E-state index contributed by atoms with van der Waals surface area (Å²) in [6, 6.07) is 9.37. The maximum absolute atomic E-state index is 14.1. The van der Waals surface area contributed by atoms with Crippen LogP contribution in [0.15, 0.2) is 42.5 Å². The molecule has 0 heterocycles. The third-order valence-corrected chi connectivity index (χ3v) is 13.2. The molecule has 62 heavy (non-hydrogen) atoms. The van der Waals surface area contributed by atoms with Gasteiger partial charge in [0.25, 0.3) is 5.91 Å². The molecule has 0 saturated heterocycles. The van der Waals surface area contributed by atoms with Gasteiger partial charge in [0.15, 0.2) is 6.61 Å². The Kier molecular flexibility index (Phi) is 15.5. The number of hydrogen-bond acceptors (Lipinski definition) is 9. The molecule has 3 aromatic carbocycles. The number of phosphoric ester groups is 1. The molecule has 3 saturated carbocycles. The van der Waals surface area contributed by atoms with Crippen molar-refractivity contribution in [2.45, 2.75) is 108 Å². The zero-order chi connectivity index (χ0) is 45.8. The molecule has 0 radical (unpaired) electrons. The Balaban J connectivity index is 1.38. The lowest BCUT2D eigenvalue weighted by Gasteiger charge is -2.57. The Morgan fingerprint density at radius 1 is 0.887 bits per heavy atom. The molecule has 0 aromatic heterocycles. The summed E-state index contributed by atoms with van der Waals surface area (Å²) in [6.45, 7) is 5.91. The number of halogens is 4. The highest BCUT2D eigenvalue weighted by molar-refractivity contribution is 7.51. The van der Waals surface area contributed by atoms with E-state index in [1.807, 2.05) is 0 Å². The van der Waals surface area contributed by atoms with Crippen LogP contribution < -0.4 is 24.6 Å². The summed E-state index contributed by atoms with van der Waals surface area (Å²) in [5.41, 5.74) is -1.70. The van der Waals surface area contributed by atoms with Crippen molar-refractivity contribution in [3.63, 3.8) is 0 Å². The van der Waals surface area contributed by atoms with Gasteiger partial charge in [-0.1, -0.05) is 43.1 Å². The molecule has 6 rings (SSSR count). The van der Waals surface area contributed by atoms with Gasteiger partial charge in [-0.2, -0.15) is 0 Å². The predicted molar refractivity (Wildman–Crippen MR) is 225 cm³/mol. The third kappa shape index (κ3) is 12.9. The van der Waals surface area contributed by atoms with Gasteiger partial charge in [-0.15, -0.1) is 0 Å². The van der Waals surface area contributed by atoms with Gasteiger partial charge in [-0.3, -0.25) is 28.7 Å². The van der Waals surface area contributed by atoms with Gasteiger partial charge in [0.05, 0.1) is 34.8 Å². The van der Waals surface area contributed by atoms with Crippen LogP contribution in [0.25, 0.3) is 0 Å². The van der Waals surface area contributed by atoms with E-state index in [0.29, 0.717) is 42.4 Å². The summed E-state index contributed by atoms with van der Waals surface area (Å²) >= 11 is 11.6. The van der Waals surface area contributed by atoms with E-state index >= 15 is 0 Å². The Hall–Kier alpha value is -3.79. The minimum absolute atomic E-state index is 0.00556. The van der Waals surface area contributed by atoms with Crippen molar-refractivity contribution in [3.05, 3.63) is 86.4 Å². The molecule has 3 aliphatic rings. The fraction of sp³-hybridized carbons (Fsp3) is 0.488. The van der Waals surface area contributed by atoms with Crippen LogP contribution in [0.5, 0.6) is 17.2 Å². The minimum Gasteiger partial charge on any atom is -0.493 e. The first kappa shape index (κ1) is 49.2. The highest BCUT2D eigenvalue weighted by Crippen LogP contribution is 2.51. The second kappa shape index (κ2) is 19.5. The largest absolute Gasteiger partial charge is 0.524 e. The molecule has 0 unspecified atom stereocenters. The zero-order valence-corrected chi connectivity index (χ0v) is 37.8. The summed E-state index contributed by atoms with van der Waals surface area (Å²) in [5, 5.41) is 5.95. The van der Waals surface area contributed by atoms with Crippen molar-refractivity contribution >= 4 is 56.4 Å². The molecule has 0 spiro atoms. The lowest BCUT2D eigenvalue weighted by atomic mass is 9.59. The molecule has 3 aromatic rings. The third-order valence-electron chi connectivity index (χ3n) is 11.2. The topological polar surface area (TPSA) is 227 Å². The van der Waals surface area contributed by atoms with Gasteiger partial charge in [0, 0.05) is 35.4 Å². The van der Waals surface area contributed by atoms with E-state index in [1.54, 1.807) is 33.8 Å². The number of hydrogen-bond donors (Lipinski definition) is 6. The summed E-state index contributed by atoms with van der Waals surface area (Å²) < 4.78 is 74.4. The number of amides is 2. The number of ether oxygens (including phenoxy) is 3. The van der Waals surface area contributed by atoms with Crippen LogP contribution in [0.3, 0.4) is 0 Å². The zero-order valence-electron chi connectivity index (χ0n) is 34.5.